The van der Waals surface area contributed by atoms with Gasteiger partial charge in [-0.25, -0.2) is 13.1 Å². The summed E-state index contributed by atoms with van der Waals surface area (Å²) in [5, 5.41) is 2.89. The fraction of sp³-hybridized carbons (Fsp3) is 0.278. The smallest absolute Gasteiger partial charge is 0.251 e. The van der Waals surface area contributed by atoms with E-state index in [1.165, 1.54) is 12.1 Å². The zero-order valence-corrected chi connectivity index (χ0v) is 16.1. The summed E-state index contributed by atoms with van der Waals surface area (Å²) in [7, 11) is -3.57. The number of hydrogen-bond donors (Lipinski definition) is 2. The van der Waals surface area contributed by atoms with E-state index in [0.29, 0.717) is 5.56 Å². The summed E-state index contributed by atoms with van der Waals surface area (Å²) in [5.74, 6) is -0.307. The summed E-state index contributed by atoms with van der Waals surface area (Å²) in [4.78, 5) is 12.6. The fourth-order valence-electron chi connectivity index (χ4n) is 2.41. The van der Waals surface area contributed by atoms with E-state index in [1.54, 1.807) is 12.1 Å². The molecule has 1 aliphatic rings. The standard InChI is InChI=1S/C18H19BrN2O3S/c1-12(13-5-7-15(19)8-6-13)20-18(22)14-3-2-4-17(11-14)25(23,24)21-16-9-10-16/h2-8,11-12,16,21H,9-10H2,1H3,(H,20,22). The van der Waals surface area contributed by atoms with Crippen molar-refractivity contribution in [3.8, 4) is 0 Å². The van der Waals surface area contributed by atoms with Crippen LogP contribution in [-0.2, 0) is 10.0 Å². The van der Waals surface area contributed by atoms with Gasteiger partial charge in [-0.05, 0) is 55.7 Å². The zero-order valence-electron chi connectivity index (χ0n) is 13.7. The van der Waals surface area contributed by atoms with Crippen LogP contribution in [0.2, 0.25) is 0 Å². The molecular weight excluding hydrogens is 404 g/mol. The number of benzene rings is 2. The Hall–Kier alpha value is -1.70. The van der Waals surface area contributed by atoms with E-state index in [-0.39, 0.29) is 22.9 Å². The van der Waals surface area contributed by atoms with Crippen LogP contribution < -0.4 is 10.0 Å². The van der Waals surface area contributed by atoms with E-state index in [2.05, 4.69) is 26.0 Å². The average molecular weight is 423 g/mol. The van der Waals surface area contributed by atoms with Gasteiger partial charge in [0.25, 0.3) is 5.91 Å². The van der Waals surface area contributed by atoms with Crippen molar-refractivity contribution in [2.45, 2.75) is 36.7 Å². The molecule has 7 heteroatoms. The van der Waals surface area contributed by atoms with Crippen LogP contribution in [0.3, 0.4) is 0 Å². The molecule has 0 spiro atoms. The highest BCUT2D eigenvalue weighted by Gasteiger charge is 2.28. The lowest BCUT2D eigenvalue weighted by atomic mass is 10.1. The van der Waals surface area contributed by atoms with Crippen molar-refractivity contribution in [1.82, 2.24) is 10.0 Å². The number of carbonyl (C=O) groups is 1. The minimum Gasteiger partial charge on any atom is -0.346 e. The van der Waals surface area contributed by atoms with Crippen LogP contribution in [0.4, 0.5) is 0 Å². The summed E-state index contributed by atoms with van der Waals surface area (Å²) >= 11 is 3.38. The number of hydrogen-bond acceptors (Lipinski definition) is 3. The minimum atomic E-state index is -3.57. The molecule has 0 bridgehead atoms. The predicted molar refractivity (Wildman–Crippen MR) is 99.8 cm³/mol. The lowest BCUT2D eigenvalue weighted by Crippen LogP contribution is -2.28. The first-order chi connectivity index (χ1) is 11.8. The van der Waals surface area contributed by atoms with Crippen LogP contribution >= 0.6 is 15.9 Å². The number of nitrogens with one attached hydrogen (secondary N) is 2. The molecule has 1 aliphatic carbocycles. The molecule has 2 N–H and O–H groups in total. The Morgan fingerprint density at radius 3 is 2.48 bits per heavy atom. The molecule has 0 aliphatic heterocycles. The van der Waals surface area contributed by atoms with Crippen molar-refractivity contribution in [1.29, 1.82) is 0 Å². The van der Waals surface area contributed by atoms with Gasteiger partial charge in [-0.1, -0.05) is 34.1 Å². The summed E-state index contributed by atoms with van der Waals surface area (Å²) in [6, 6.07) is 13.6. The first kappa shape index (κ1) is 18.1. The molecule has 0 saturated heterocycles. The quantitative estimate of drug-likeness (QED) is 0.748. The summed E-state index contributed by atoms with van der Waals surface area (Å²) in [6.07, 6.45) is 1.73. The van der Waals surface area contributed by atoms with E-state index in [1.807, 2.05) is 31.2 Å². The maximum absolute atomic E-state index is 12.5. The molecule has 0 radical (unpaired) electrons. The average Bonchev–Trinajstić information content (AvgIpc) is 3.39. The van der Waals surface area contributed by atoms with Gasteiger partial charge in [-0.15, -0.1) is 0 Å². The van der Waals surface area contributed by atoms with E-state index >= 15 is 0 Å². The van der Waals surface area contributed by atoms with Crippen LogP contribution in [0, 0.1) is 0 Å². The van der Waals surface area contributed by atoms with Gasteiger partial charge in [-0.2, -0.15) is 0 Å². The molecule has 1 amide bonds. The Labute approximate surface area is 156 Å². The number of amides is 1. The van der Waals surface area contributed by atoms with Crippen LogP contribution in [0.1, 0.15) is 41.7 Å². The van der Waals surface area contributed by atoms with Crippen molar-refractivity contribution in [2.75, 3.05) is 0 Å². The fourth-order valence-corrected chi connectivity index (χ4v) is 4.02. The molecule has 5 nitrogen and oxygen atoms in total. The highest BCUT2D eigenvalue weighted by Crippen LogP contribution is 2.23. The van der Waals surface area contributed by atoms with E-state index in [0.717, 1.165) is 22.9 Å². The molecule has 1 saturated carbocycles. The van der Waals surface area contributed by atoms with Gasteiger partial charge in [0.15, 0.2) is 0 Å². The van der Waals surface area contributed by atoms with Crippen molar-refractivity contribution >= 4 is 31.9 Å². The largest absolute Gasteiger partial charge is 0.346 e. The molecule has 3 rings (SSSR count). The zero-order chi connectivity index (χ0) is 18.0. The molecule has 1 fully saturated rings. The SMILES string of the molecule is CC(NC(=O)c1cccc(S(=O)(=O)NC2CC2)c1)c1ccc(Br)cc1. The molecule has 132 valence electrons. The van der Waals surface area contributed by atoms with Crippen LogP contribution in [-0.4, -0.2) is 20.4 Å². The third kappa shape index (κ3) is 4.68. The van der Waals surface area contributed by atoms with E-state index in [9.17, 15) is 13.2 Å². The van der Waals surface area contributed by atoms with Crippen LogP contribution in [0.5, 0.6) is 0 Å². The van der Waals surface area contributed by atoms with Gasteiger partial charge in [-0.3, -0.25) is 4.79 Å². The van der Waals surface area contributed by atoms with Gasteiger partial charge in [0, 0.05) is 16.1 Å². The van der Waals surface area contributed by atoms with E-state index in [4.69, 9.17) is 0 Å². The maximum atomic E-state index is 12.5. The summed E-state index contributed by atoms with van der Waals surface area (Å²) < 4.78 is 28.2. The first-order valence-corrected chi connectivity index (χ1v) is 10.3. The molecule has 1 atom stereocenters. The number of sulfonamides is 1. The van der Waals surface area contributed by atoms with Crippen molar-refractivity contribution in [3.05, 3.63) is 64.1 Å². The molecule has 25 heavy (non-hydrogen) atoms. The highest BCUT2D eigenvalue weighted by atomic mass is 79.9. The van der Waals surface area contributed by atoms with Crippen LogP contribution in [0.15, 0.2) is 57.9 Å². The molecule has 2 aromatic rings. The molecule has 1 unspecified atom stereocenters. The van der Waals surface area contributed by atoms with Gasteiger partial charge < -0.3 is 5.32 Å². The third-order valence-electron chi connectivity index (χ3n) is 4.02. The Morgan fingerprint density at radius 2 is 1.84 bits per heavy atom. The summed E-state index contributed by atoms with van der Waals surface area (Å²) in [5.41, 5.74) is 1.29. The van der Waals surface area contributed by atoms with Crippen LogP contribution in [0.25, 0.3) is 0 Å². The maximum Gasteiger partial charge on any atom is 0.251 e. The van der Waals surface area contributed by atoms with E-state index < -0.39 is 10.0 Å². The Kier molecular flexibility index (Phi) is 5.27. The van der Waals surface area contributed by atoms with Crippen molar-refractivity contribution in [3.63, 3.8) is 0 Å². The van der Waals surface area contributed by atoms with Gasteiger partial charge in [0.2, 0.25) is 10.0 Å². The monoisotopic (exact) mass is 422 g/mol. The molecule has 0 aromatic heterocycles. The van der Waals surface area contributed by atoms with Gasteiger partial charge >= 0.3 is 0 Å². The highest BCUT2D eigenvalue weighted by molar-refractivity contribution is 9.10. The minimum absolute atomic E-state index is 0.0277. The molecule has 0 heterocycles. The predicted octanol–water partition coefficient (Wildman–Crippen LogP) is 3.38. The Bertz CT molecular complexity index is 877. The second-order valence-corrected chi connectivity index (χ2v) is 8.80. The van der Waals surface area contributed by atoms with Crippen molar-refractivity contribution in [2.24, 2.45) is 0 Å². The molecule has 2 aromatic carbocycles. The number of halogens is 1. The Balaban J connectivity index is 1.73. The Morgan fingerprint density at radius 1 is 1.16 bits per heavy atom. The normalized spacial score (nSPS) is 15.6. The van der Waals surface area contributed by atoms with Gasteiger partial charge in [0.1, 0.15) is 0 Å². The van der Waals surface area contributed by atoms with Crippen molar-refractivity contribution < 1.29 is 13.2 Å². The van der Waals surface area contributed by atoms with Gasteiger partial charge in [0.05, 0.1) is 10.9 Å². The lowest BCUT2D eigenvalue weighted by Gasteiger charge is -2.15. The second-order valence-electron chi connectivity index (χ2n) is 6.17. The topological polar surface area (TPSA) is 75.3 Å². The third-order valence-corrected chi connectivity index (χ3v) is 6.07. The number of carbonyl (C=O) groups excluding carboxylic acids is 1. The summed E-state index contributed by atoms with van der Waals surface area (Å²) in [6.45, 7) is 1.89. The number of rotatable bonds is 6. The molecular formula is C18H19BrN2O3S. The lowest BCUT2D eigenvalue weighted by molar-refractivity contribution is 0.0939. The first-order valence-electron chi connectivity index (χ1n) is 8.04. The second kappa shape index (κ2) is 7.27.